The first-order chi connectivity index (χ1) is 14.6. The highest BCUT2D eigenvalue weighted by atomic mass is 16.6. The quantitative estimate of drug-likeness (QED) is 0.704. The van der Waals surface area contributed by atoms with E-state index >= 15 is 0 Å². The maximum Gasteiger partial charge on any atom is 0.408 e. The maximum absolute atomic E-state index is 12.5. The van der Waals surface area contributed by atoms with E-state index in [-0.39, 0.29) is 5.91 Å². The maximum atomic E-state index is 12.5. The van der Waals surface area contributed by atoms with Crippen LogP contribution in [-0.2, 0) is 20.7 Å². The lowest BCUT2D eigenvalue weighted by atomic mass is 10.0. The van der Waals surface area contributed by atoms with Gasteiger partial charge in [-0.25, -0.2) is 9.79 Å². The number of hydrogen-bond acceptors (Lipinski definition) is 6. The molecular weight excluding hydrogens is 398 g/mol. The molecule has 1 N–H and O–H groups in total. The van der Waals surface area contributed by atoms with Crippen molar-refractivity contribution in [3.05, 3.63) is 53.8 Å². The molecule has 1 aromatic rings. The van der Waals surface area contributed by atoms with Gasteiger partial charge in [-0.1, -0.05) is 24.3 Å². The van der Waals surface area contributed by atoms with E-state index in [2.05, 4.69) is 10.3 Å². The number of alkyl carbamates (subject to hydrolysis) is 1. The molecule has 0 saturated carbocycles. The van der Waals surface area contributed by atoms with Crippen LogP contribution in [0.15, 0.2) is 53.2 Å². The lowest BCUT2D eigenvalue weighted by molar-refractivity contribution is -0.130. The van der Waals surface area contributed by atoms with Crippen LogP contribution in [0.5, 0.6) is 5.75 Å². The first-order valence-electron chi connectivity index (χ1n) is 9.93. The number of ether oxygens (including phenoxy) is 2. The van der Waals surface area contributed by atoms with E-state index in [4.69, 9.17) is 9.47 Å². The molecule has 1 heterocycles. The summed E-state index contributed by atoms with van der Waals surface area (Å²) in [6, 6.07) is 6.41. The van der Waals surface area contributed by atoms with Gasteiger partial charge in [0.15, 0.2) is 12.2 Å². The lowest BCUT2D eigenvalue weighted by Gasteiger charge is -2.25. The highest BCUT2D eigenvalue weighted by Crippen LogP contribution is 2.17. The molecule has 8 heteroatoms. The molecule has 1 atom stereocenters. The Bertz CT molecular complexity index is 893. The number of nitrogens with one attached hydrogen (secondary N) is 1. The molecule has 0 saturated heterocycles. The number of rotatable bonds is 6. The molecule has 1 aliphatic rings. The molecule has 0 radical (unpaired) electrons. The van der Waals surface area contributed by atoms with E-state index in [0.717, 1.165) is 11.8 Å². The minimum absolute atomic E-state index is 0.233. The molecule has 1 unspecified atom stereocenters. The van der Waals surface area contributed by atoms with E-state index in [1.165, 1.54) is 11.1 Å². The number of aldehydes is 1. The zero-order valence-electron chi connectivity index (χ0n) is 18.5. The van der Waals surface area contributed by atoms with Crippen molar-refractivity contribution >= 4 is 24.2 Å². The number of carbonyl (C=O) groups excluding carboxylic acids is 3. The average molecular weight is 428 g/mol. The van der Waals surface area contributed by atoms with Crippen LogP contribution in [0.3, 0.4) is 0 Å². The van der Waals surface area contributed by atoms with E-state index in [1.807, 2.05) is 12.1 Å². The summed E-state index contributed by atoms with van der Waals surface area (Å²) in [5, 5.41) is 2.65. The summed E-state index contributed by atoms with van der Waals surface area (Å²) in [7, 11) is 3.27. The zero-order valence-corrected chi connectivity index (χ0v) is 18.5. The number of nitrogens with zero attached hydrogens (tertiary/aromatic N) is 2. The number of aliphatic imine (C=N–C) groups is 1. The highest BCUT2D eigenvalue weighted by molar-refractivity contribution is 5.86. The molecule has 0 aliphatic carbocycles. The smallest absolute Gasteiger partial charge is 0.408 e. The first-order valence-corrected chi connectivity index (χ1v) is 9.93. The van der Waals surface area contributed by atoms with Crippen molar-refractivity contribution in [3.8, 4) is 5.75 Å². The fraction of sp³-hybridized carbons (Fsp3) is 0.391. The van der Waals surface area contributed by atoms with Gasteiger partial charge in [0.2, 0.25) is 5.91 Å². The third-order valence-corrected chi connectivity index (χ3v) is 4.13. The molecule has 166 valence electrons. The second kappa shape index (κ2) is 10.6. The second-order valence-corrected chi connectivity index (χ2v) is 8.26. The van der Waals surface area contributed by atoms with E-state index in [0.29, 0.717) is 30.1 Å². The van der Waals surface area contributed by atoms with Crippen LogP contribution in [0.1, 0.15) is 32.8 Å². The summed E-state index contributed by atoms with van der Waals surface area (Å²) in [6.45, 7) is 5.29. The topological polar surface area (TPSA) is 97.3 Å². The van der Waals surface area contributed by atoms with Crippen molar-refractivity contribution in [2.24, 2.45) is 4.99 Å². The normalized spacial score (nSPS) is 14.5. The Morgan fingerprint density at radius 3 is 2.48 bits per heavy atom. The minimum atomic E-state index is -0.764. The third-order valence-electron chi connectivity index (χ3n) is 4.13. The lowest BCUT2D eigenvalue weighted by Crippen LogP contribution is -2.48. The molecule has 2 rings (SSSR count). The highest BCUT2D eigenvalue weighted by Gasteiger charge is 2.25. The Morgan fingerprint density at radius 1 is 1.23 bits per heavy atom. The SMILES string of the molecule is CN(C)C(=O)C(Cc1ccc(OC2=NC=C(C=O)C=CC2)cc1)NC(=O)OC(C)(C)C. The molecular formula is C23H29N3O5. The molecule has 1 aromatic carbocycles. The summed E-state index contributed by atoms with van der Waals surface area (Å²) in [5.74, 6) is 0.811. The zero-order chi connectivity index (χ0) is 23.0. The molecule has 8 nitrogen and oxygen atoms in total. The number of carbonyl (C=O) groups is 3. The molecule has 0 bridgehead atoms. The Hall–Kier alpha value is -3.42. The van der Waals surface area contributed by atoms with Gasteiger partial charge in [-0.15, -0.1) is 0 Å². The number of likely N-dealkylation sites (N-methyl/N-ethyl adjacent to an activating group) is 1. The molecule has 31 heavy (non-hydrogen) atoms. The van der Waals surface area contributed by atoms with Gasteiger partial charge in [-0.2, -0.15) is 0 Å². The van der Waals surface area contributed by atoms with Crippen molar-refractivity contribution < 1.29 is 23.9 Å². The van der Waals surface area contributed by atoms with Gasteiger partial charge in [0.1, 0.15) is 17.4 Å². The van der Waals surface area contributed by atoms with Gasteiger partial charge < -0.3 is 19.7 Å². The molecule has 0 fully saturated rings. The second-order valence-electron chi connectivity index (χ2n) is 8.26. The van der Waals surface area contributed by atoms with Crippen molar-refractivity contribution in [3.63, 3.8) is 0 Å². The number of amides is 2. The Balaban J connectivity index is 2.06. The molecule has 2 amide bonds. The Labute approximate surface area is 182 Å². The van der Waals surface area contributed by atoms with E-state index in [9.17, 15) is 14.4 Å². The summed E-state index contributed by atoms with van der Waals surface area (Å²) < 4.78 is 11.0. The van der Waals surface area contributed by atoms with Gasteiger partial charge in [0.05, 0.1) is 0 Å². The third kappa shape index (κ3) is 8.08. The van der Waals surface area contributed by atoms with Crippen LogP contribution in [0.2, 0.25) is 0 Å². The van der Waals surface area contributed by atoms with Crippen LogP contribution in [0.25, 0.3) is 0 Å². The standard InChI is InChI=1S/C23H29N3O5/c1-23(2,3)31-22(29)25-19(21(28)26(4)5)13-16-9-11-18(12-10-16)30-20-8-6-7-17(15-27)14-24-20/h6-7,9-12,14-15,19H,8,13H2,1-5H3,(H,25,29). The van der Waals surface area contributed by atoms with Crippen LogP contribution >= 0.6 is 0 Å². The summed E-state index contributed by atoms with van der Waals surface area (Å²) in [6.07, 6.45) is 5.81. The Morgan fingerprint density at radius 2 is 1.90 bits per heavy atom. The van der Waals surface area contributed by atoms with Crippen molar-refractivity contribution in [1.82, 2.24) is 10.2 Å². The predicted octanol–water partition coefficient (Wildman–Crippen LogP) is 3.03. The summed E-state index contributed by atoms with van der Waals surface area (Å²) >= 11 is 0. The predicted molar refractivity (Wildman–Crippen MR) is 118 cm³/mol. The van der Waals surface area contributed by atoms with Crippen molar-refractivity contribution in [2.45, 2.75) is 45.3 Å². The van der Waals surface area contributed by atoms with E-state index < -0.39 is 17.7 Å². The van der Waals surface area contributed by atoms with Gasteiger partial charge in [-0.3, -0.25) is 9.59 Å². The monoisotopic (exact) mass is 427 g/mol. The van der Waals surface area contributed by atoms with Crippen LogP contribution in [0.4, 0.5) is 4.79 Å². The van der Waals surface area contributed by atoms with Crippen LogP contribution in [0, 0.1) is 0 Å². The number of allylic oxidation sites excluding steroid dienone is 2. The summed E-state index contributed by atoms with van der Waals surface area (Å²) in [4.78, 5) is 41.1. The van der Waals surface area contributed by atoms with Crippen molar-refractivity contribution in [2.75, 3.05) is 14.1 Å². The molecule has 1 aliphatic heterocycles. The van der Waals surface area contributed by atoms with Gasteiger partial charge in [0.25, 0.3) is 0 Å². The largest absolute Gasteiger partial charge is 0.444 e. The van der Waals surface area contributed by atoms with Gasteiger partial charge in [-0.05, 0) is 38.5 Å². The molecule has 0 aromatic heterocycles. The van der Waals surface area contributed by atoms with Gasteiger partial charge >= 0.3 is 6.09 Å². The van der Waals surface area contributed by atoms with Crippen LogP contribution < -0.4 is 10.1 Å². The van der Waals surface area contributed by atoms with Crippen LogP contribution in [-0.4, -0.2) is 54.8 Å². The first kappa shape index (κ1) is 23.9. The fourth-order valence-corrected chi connectivity index (χ4v) is 2.70. The van der Waals surface area contributed by atoms with Crippen molar-refractivity contribution in [1.29, 1.82) is 0 Å². The molecule has 0 spiro atoms. The Kier molecular flexibility index (Phi) is 8.13. The number of benzene rings is 1. The van der Waals surface area contributed by atoms with E-state index in [1.54, 1.807) is 59.2 Å². The average Bonchev–Trinajstić information content (AvgIpc) is 2.92. The van der Waals surface area contributed by atoms with Gasteiger partial charge in [0, 0.05) is 38.7 Å². The minimum Gasteiger partial charge on any atom is -0.444 e. The summed E-state index contributed by atoms with van der Waals surface area (Å²) in [5.41, 5.74) is 0.657. The fourth-order valence-electron chi connectivity index (χ4n) is 2.70. The number of hydrogen-bond donors (Lipinski definition) is 1.